The minimum atomic E-state index is 0.266. The fourth-order valence-electron chi connectivity index (χ4n) is 1.37. The van der Waals surface area contributed by atoms with Crippen LogP contribution in [0.2, 0.25) is 15.3 Å². The van der Waals surface area contributed by atoms with Gasteiger partial charge in [0.25, 0.3) is 0 Å². The molecule has 0 amide bonds. The van der Waals surface area contributed by atoms with Crippen LogP contribution in [0.1, 0.15) is 0 Å². The zero-order valence-corrected chi connectivity index (χ0v) is 11.0. The molecule has 1 aromatic heterocycles. The van der Waals surface area contributed by atoms with Crippen molar-refractivity contribution in [3.8, 4) is 17.1 Å². The zero-order chi connectivity index (χ0) is 12.4. The normalized spacial score (nSPS) is 10.4. The second-order valence-corrected chi connectivity index (χ2v) is 4.39. The molecule has 0 atom stereocenters. The van der Waals surface area contributed by atoms with Crippen molar-refractivity contribution in [3.63, 3.8) is 0 Å². The maximum absolute atomic E-state index is 5.93. The second kappa shape index (κ2) is 5.08. The molecule has 0 N–H and O–H groups in total. The molecule has 0 aliphatic rings. The summed E-state index contributed by atoms with van der Waals surface area (Å²) in [6.45, 7) is 0. The molecule has 0 radical (unpaired) electrons. The number of aromatic nitrogens is 2. The van der Waals surface area contributed by atoms with Crippen LogP contribution in [-0.2, 0) is 0 Å². The summed E-state index contributed by atoms with van der Waals surface area (Å²) in [5.74, 6) is 0.981. The van der Waals surface area contributed by atoms with Crippen LogP contribution >= 0.6 is 34.8 Å². The summed E-state index contributed by atoms with van der Waals surface area (Å²) < 4.78 is 5.21. The first kappa shape index (κ1) is 12.4. The first-order valence-electron chi connectivity index (χ1n) is 4.64. The third kappa shape index (κ3) is 2.80. The second-order valence-electron chi connectivity index (χ2n) is 3.18. The van der Waals surface area contributed by atoms with E-state index in [2.05, 4.69) is 9.97 Å². The SMILES string of the molecule is COc1ccc(Cl)cc1-c1nc(Cl)cc(Cl)n1. The summed E-state index contributed by atoms with van der Waals surface area (Å²) in [5.41, 5.74) is 0.643. The first-order chi connectivity index (χ1) is 8.10. The Hall–Kier alpha value is -1.03. The summed E-state index contributed by atoms with van der Waals surface area (Å²) in [7, 11) is 1.55. The number of hydrogen-bond donors (Lipinski definition) is 0. The summed E-state index contributed by atoms with van der Waals surface area (Å²) in [5, 5.41) is 1.09. The summed E-state index contributed by atoms with van der Waals surface area (Å²) >= 11 is 17.6. The quantitative estimate of drug-likeness (QED) is 0.780. The van der Waals surface area contributed by atoms with E-state index in [0.717, 1.165) is 0 Å². The van der Waals surface area contributed by atoms with Crippen LogP contribution in [-0.4, -0.2) is 17.1 Å². The lowest BCUT2D eigenvalue weighted by molar-refractivity contribution is 0.416. The number of hydrogen-bond acceptors (Lipinski definition) is 3. The molecule has 0 saturated heterocycles. The number of rotatable bonds is 2. The smallest absolute Gasteiger partial charge is 0.166 e. The van der Waals surface area contributed by atoms with Gasteiger partial charge in [0.2, 0.25) is 0 Å². The molecule has 6 heteroatoms. The lowest BCUT2D eigenvalue weighted by atomic mass is 10.2. The van der Waals surface area contributed by atoms with Gasteiger partial charge in [-0.25, -0.2) is 9.97 Å². The molecule has 2 aromatic rings. The van der Waals surface area contributed by atoms with Crippen molar-refractivity contribution in [1.82, 2.24) is 9.97 Å². The molecule has 0 unspecified atom stereocenters. The van der Waals surface area contributed by atoms with E-state index in [0.29, 0.717) is 22.2 Å². The Morgan fingerprint density at radius 3 is 2.24 bits per heavy atom. The highest BCUT2D eigenvalue weighted by atomic mass is 35.5. The lowest BCUT2D eigenvalue weighted by Gasteiger charge is -2.08. The number of benzene rings is 1. The lowest BCUT2D eigenvalue weighted by Crippen LogP contribution is -1.94. The third-order valence-electron chi connectivity index (χ3n) is 2.07. The standard InChI is InChI=1S/C11H7Cl3N2O/c1-17-8-3-2-6(12)4-7(8)11-15-9(13)5-10(14)16-11/h2-5H,1H3. The first-order valence-corrected chi connectivity index (χ1v) is 5.77. The van der Waals surface area contributed by atoms with E-state index < -0.39 is 0 Å². The Kier molecular flexibility index (Phi) is 3.72. The minimum absolute atomic E-state index is 0.266. The predicted octanol–water partition coefficient (Wildman–Crippen LogP) is 4.11. The molecular formula is C11H7Cl3N2O. The molecule has 0 fully saturated rings. The minimum Gasteiger partial charge on any atom is -0.496 e. The van der Waals surface area contributed by atoms with Crippen LogP contribution in [0.25, 0.3) is 11.4 Å². The highest BCUT2D eigenvalue weighted by Gasteiger charge is 2.11. The van der Waals surface area contributed by atoms with Gasteiger partial charge in [-0.1, -0.05) is 34.8 Å². The van der Waals surface area contributed by atoms with Gasteiger partial charge < -0.3 is 4.74 Å². The maximum Gasteiger partial charge on any atom is 0.166 e. The van der Waals surface area contributed by atoms with Gasteiger partial charge in [0, 0.05) is 11.1 Å². The monoisotopic (exact) mass is 288 g/mol. The summed E-state index contributed by atoms with van der Waals surface area (Å²) in [6.07, 6.45) is 0. The number of ether oxygens (including phenoxy) is 1. The predicted molar refractivity (Wildman–Crippen MR) is 69.1 cm³/mol. The van der Waals surface area contributed by atoms with E-state index >= 15 is 0 Å². The van der Waals surface area contributed by atoms with E-state index in [4.69, 9.17) is 39.5 Å². The van der Waals surface area contributed by atoms with Crippen molar-refractivity contribution in [2.45, 2.75) is 0 Å². The van der Waals surface area contributed by atoms with Crippen LogP contribution in [0, 0.1) is 0 Å². The van der Waals surface area contributed by atoms with Crippen molar-refractivity contribution < 1.29 is 4.74 Å². The Balaban J connectivity index is 2.62. The van der Waals surface area contributed by atoms with Crippen molar-refractivity contribution in [1.29, 1.82) is 0 Å². The van der Waals surface area contributed by atoms with Crippen molar-refractivity contribution >= 4 is 34.8 Å². The van der Waals surface area contributed by atoms with Gasteiger partial charge in [-0.15, -0.1) is 0 Å². The van der Waals surface area contributed by atoms with Gasteiger partial charge in [0.1, 0.15) is 16.1 Å². The van der Waals surface area contributed by atoms with E-state index in [1.54, 1.807) is 25.3 Å². The van der Waals surface area contributed by atoms with Crippen LogP contribution in [0.15, 0.2) is 24.3 Å². The fourth-order valence-corrected chi connectivity index (χ4v) is 1.96. The highest BCUT2D eigenvalue weighted by Crippen LogP contribution is 2.31. The van der Waals surface area contributed by atoms with Gasteiger partial charge in [0.05, 0.1) is 12.7 Å². The Labute approximate surface area is 113 Å². The van der Waals surface area contributed by atoms with Gasteiger partial charge >= 0.3 is 0 Å². The number of halogens is 3. The van der Waals surface area contributed by atoms with E-state index in [9.17, 15) is 0 Å². The summed E-state index contributed by atoms with van der Waals surface area (Å²) in [6, 6.07) is 6.61. The van der Waals surface area contributed by atoms with E-state index in [1.165, 1.54) is 6.07 Å². The number of methoxy groups -OCH3 is 1. The Morgan fingerprint density at radius 2 is 1.65 bits per heavy atom. The molecule has 0 aliphatic carbocycles. The molecule has 3 nitrogen and oxygen atoms in total. The Bertz CT molecular complexity index is 540. The topological polar surface area (TPSA) is 35.0 Å². The fraction of sp³-hybridized carbons (Fsp3) is 0.0909. The molecule has 2 rings (SSSR count). The molecule has 0 saturated carbocycles. The summed E-state index contributed by atoms with van der Waals surface area (Å²) in [4.78, 5) is 8.17. The molecular weight excluding hydrogens is 282 g/mol. The van der Waals surface area contributed by atoms with Crippen LogP contribution in [0.3, 0.4) is 0 Å². The van der Waals surface area contributed by atoms with E-state index in [1.807, 2.05) is 0 Å². The van der Waals surface area contributed by atoms with Crippen molar-refractivity contribution in [2.75, 3.05) is 7.11 Å². The van der Waals surface area contributed by atoms with Gasteiger partial charge in [0.15, 0.2) is 5.82 Å². The average molecular weight is 290 g/mol. The molecule has 1 heterocycles. The number of nitrogens with zero attached hydrogens (tertiary/aromatic N) is 2. The molecule has 1 aromatic carbocycles. The maximum atomic E-state index is 5.93. The average Bonchev–Trinajstić information content (AvgIpc) is 2.27. The zero-order valence-electron chi connectivity index (χ0n) is 8.75. The third-order valence-corrected chi connectivity index (χ3v) is 2.69. The highest BCUT2D eigenvalue weighted by molar-refractivity contribution is 6.33. The van der Waals surface area contributed by atoms with Crippen molar-refractivity contribution in [3.05, 3.63) is 39.6 Å². The molecule has 0 aliphatic heterocycles. The Morgan fingerprint density at radius 1 is 1.00 bits per heavy atom. The van der Waals surface area contributed by atoms with Crippen LogP contribution in [0.4, 0.5) is 0 Å². The molecule has 0 spiro atoms. The molecule has 88 valence electrons. The van der Waals surface area contributed by atoms with Crippen molar-refractivity contribution in [2.24, 2.45) is 0 Å². The van der Waals surface area contributed by atoms with Gasteiger partial charge in [-0.05, 0) is 18.2 Å². The van der Waals surface area contributed by atoms with Gasteiger partial charge in [-0.2, -0.15) is 0 Å². The molecule has 17 heavy (non-hydrogen) atoms. The largest absolute Gasteiger partial charge is 0.496 e. The molecule has 0 bridgehead atoms. The van der Waals surface area contributed by atoms with E-state index in [-0.39, 0.29) is 10.3 Å². The van der Waals surface area contributed by atoms with Crippen LogP contribution in [0.5, 0.6) is 5.75 Å². The van der Waals surface area contributed by atoms with Gasteiger partial charge in [-0.3, -0.25) is 0 Å². The van der Waals surface area contributed by atoms with Crippen LogP contribution < -0.4 is 4.74 Å².